The van der Waals surface area contributed by atoms with Crippen LogP contribution in [0.25, 0.3) is 0 Å². The summed E-state index contributed by atoms with van der Waals surface area (Å²) in [5.74, 6) is 0.562. The Morgan fingerprint density at radius 3 is 2.40 bits per heavy atom. The van der Waals surface area contributed by atoms with Crippen LogP contribution in [-0.4, -0.2) is 12.0 Å². The van der Waals surface area contributed by atoms with Gasteiger partial charge >= 0.3 is 0 Å². The van der Waals surface area contributed by atoms with Crippen LogP contribution in [0.3, 0.4) is 0 Å². The van der Waals surface area contributed by atoms with Crippen molar-refractivity contribution in [1.82, 2.24) is 4.98 Å². The molecule has 0 radical (unpaired) electrons. The maximum absolute atomic E-state index is 13.1. The summed E-state index contributed by atoms with van der Waals surface area (Å²) >= 11 is 17.7. The Hall–Kier alpha value is -1.23. The average Bonchev–Trinajstić information content (AvgIpc) is 2.41. The van der Waals surface area contributed by atoms with Crippen LogP contribution in [0.4, 0.5) is 16.0 Å². The first kappa shape index (κ1) is 15.2. The van der Waals surface area contributed by atoms with Crippen molar-refractivity contribution in [1.29, 1.82) is 0 Å². The van der Waals surface area contributed by atoms with Crippen molar-refractivity contribution >= 4 is 46.4 Å². The number of benzene rings is 1. The van der Waals surface area contributed by atoms with Crippen LogP contribution in [0.1, 0.15) is 5.56 Å². The molecular weight excluding hydrogens is 324 g/mol. The van der Waals surface area contributed by atoms with Crippen LogP contribution in [0.2, 0.25) is 15.1 Å². The third-order valence-corrected chi connectivity index (χ3v) is 3.48. The van der Waals surface area contributed by atoms with E-state index in [2.05, 4.69) is 15.6 Å². The van der Waals surface area contributed by atoms with E-state index in [1.165, 1.54) is 6.07 Å². The summed E-state index contributed by atoms with van der Waals surface area (Å²) in [6, 6.07) is 6.10. The molecule has 2 aromatic rings. The van der Waals surface area contributed by atoms with E-state index in [0.717, 1.165) is 5.56 Å². The monoisotopic (exact) mass is 333 g/mol. The first-order chi connectivity index (χ1) is 9.51. The zero-order valence-electron chi connectivity index (χ0n) is 10.5. The molecule has 7 heteroatoms. The minimum Gasteiger partial charge on any atom is -0.372 e. The van der Waals surface area contributed by atoms with Crippen molar-refractivity contribution in [3.63, 3.8) is 0 Å². The number of anilines is 2. The van der Waals surface area contributed by atoms with Gasteiger partial charge in [0, 0.05) is 13.6 Å². The second-order valence-electron chi connectivity index (χ2n) is 4.00. The predicted molar refractivity (Wildman–Crippen MR) is 82.5 cm³/mol. The minimum atomic E-state index is -0.449. The zero-order valence-corrected chi connectivity index (χ0v) is 12.7. The fourth-order valence-electron chi connectivity index (χ4n) is 1.60. The second kappa shape index (κ2) is 6.48. The van der Waals surface area contributed by atoms with Crippen molar-refractivity contribution in [3.05, 3.63) is 50.7 Å². The number of hydrogen-bond acceptors (Lipinski definition) is 3. The number of rotatable bonds is 4. The van der Waals surface area contributed by atoms with Crippen molar-refractivity contribution < 1.29 is 4.39 Å². The van der Waals surface area contributed by atoms with Crippen LogP contribution in [-0.2, 0) is 6.54 Å². The lowest BCUT2D eigenvalue weighted by Crippen LogP contribution is -2.04. The highest BCUT2D eigenvalue weighted by atomic mass is 35.5. The van der Waals surface area contributed by atoms with E-state index in [-0.39, 0.29) is 5.02 Å². The van der Waals surface area contributed by atoms with Gasteiger partial charge in [0.1, 0.15) is 17.5 Å². The molecule has 0 aliphatic carbocycles. The van der Waals surface area contributed by atoms with Gasteiger partial charge in [-0.05, 0) is 23.8 Å². The van der Waals surface area contributed by atoms with Gasteiger partial charge in [-0.3, -0.25) is 0 Å². The normalized spacial score (nSPS) is 10.4. The standard InChI is InChI=1S/C13H11Cl3FN3/c1-18-12-9(15)5-10(16)13(20-12)19-6-7-2-3-11(17)8(14)4-7/h2-5H,6H2,1H3,(H2,18,19,20). The van der Waals surface area contributed by atoms with Gasteiger partial charge in [-0.25, -0.2) is 9.37 Å². The lowest BCUT2D eigenvalue weighted by molar-refractivity contribution is 0.627. The molecule has 3 nitrogen and oxygen atoms in total. The van der Waals surface area contributed by atoms with Gasteiger partial charge < -0.3 is 10.6 Å². The molecule has 1 aromatic carbocycles. The molecule has 2 N–H and O–H groups in total. The van der Waals surface area contributed by atoms with Crippen LogP contribution in [0, 0.1) is 5.82 Å². The molecular formula is C13H11Cl3FN3. The zero-order chi connectivity index (χ0) is 14.7. The Balaban J connectivity index is 2.16. The van der Waals surface area contributed by atoms with Crippen molar-refractivity contribution in [2.45, 2.75) is 6.54 Å². The molecule has 0 aliphatic rings. The molecule has 1 aromatic heterocycles. The molecule has 0 amide bonds. The molecule has 0 aliphatic heterocycles. The third-order valence-electron chi connectivity index (χ3n) is 2.61. The van der Waals surface area contributed by atoms with E-state index in [9.17, 15) is 4.39 Å². The van der Waals surface area contributed by atoms with E-state index < -0.39 is 5.82 Å². The summed E-state index contributed by atoms with van der Waals surface area (Å²) in [5, 5.41) is 6.84. The van der Waals surface area contributed by atoms with Gasteiger partial charge in [0.05, 0.1) is 15.1 Å². The summed E-state index contributed by atoms with van der Waals surface area (Å²) in [6.07, 6.45) is 0. The molecule has 0 fully saturated rings. The summed E-state index contributed by atoms with van der Waals surface area (Å²) < 4.78 is 13.1. The number of nitrogens with one attached hydrogen (secondary N) is 2. The molecule has 0 atom stereocenters. The van der Waals surface area contributed by atoms with Crippen LogP contribution >= 0.6 is 34.8 Å². The Bertz CT molecular complexity index is 634. The molecule has 0 saturated heterocycles. The number of pyridine rings is 1. The van der Waals surface area contributed by atoms with E-state index >= 15 is 0 Å². The van der Waals surface area contributed by atoms with Crippen molar-refractivity contribution in [2.75, 3.05) is 17.7 Å². The maximum Gasteiger partial charge on any atom is 0.147 e. The predicted octanol–water partition coefficient (Wildman–Crippen LogP) is 4.83. The van der Waals surface area contributed by atoms with Gasteiger partial charge in [0.15, 0.2) is 0 Å². The molecule has 106 valence electrons. The number of hydrogen-bond donors (Lipinski definition) is 2. The lowest BCUT2D eigenvalue weighted by atomic mass is 10.2. The Kier molecular flexibility index (Phi) is 4.91. The van der Waals surface area contributed by atoms with E-state index in [1.807, 2.05) is 0 Å². The lowest BCUT2D eigenvalue weighted by Gasteiger charge is -2.11. The molecule has 1 heterocycles. The summed E-state index contributed by atoms with van der Waals surface area (Å²) in [7, 11) is 1.71. The second-order valence-corrected chi connectivity index (χ2v) is 5.22. The largest absolute Gasteiger partial charge is 0.372 e. The average molecular weight is 335 g/mol. The smallest absolute Gasteiger partial charge is 0.147 e. The topological polar surface area (TPSA) is 37.0 Å². The Morgan fingerprint density at radius 1 is 1.05 bits per heavy atom. The molecule has 0 bridgehead atoms. The number of aromatic nitrogens is 1. The van der Waals surface area contributed by atoms with Gasteiger partial charge in [0.2, 0.25) is 0 Å². The van der Waals surface area contributed by atoms with Gasteiger partial charge in [-0.15, -0.1) is 0 Å². The van der Waals surface area contributed by atoms with E-state index in [4.69, 9.17) is 34.8 Å². The number of nitrogens with zero attached hydrogens (tertiary/aromatic N) is 1. The van der Waals surface area contributed by atoms with Gasteiger partial charge in [0.25, 0.3) is 0 Å². The highest BCUT2D eigenvalue weighted by Gasteiger charge is 2.08. The number of halogens is 4. The quantitative estimate of drug-likeness (QED) is 0.840. The molecule has 20 heavy (non-hydrogen) atoms. The van der Waals surface area contributed by atoms with Crippen molar-refractivity contribution in [2.24, 2.45) is 0 Å². The molecule has 0 spiro atoms. The van der Waals surface area contributed by atoms with Crippen LogP contribution in [0.5, 0.6) is 0 Å². The van der Waals surface area contributed by atoms with E-state index in [1.54, 1.807) is 25.2 Å². The van der Waals surface area contributed by atoms with E-state index in [0.29, 0.717) is 28.2 Å². The minimum absolute atomic E-state index is 0.0791. The Morgan fingerprint density at radius 2 is 1.75 bits per heavy atom. The van der Waals surface area contributed by atoms with Crippen molar-refractivity contribution in [3.8, 4) is 0 Å². The summed E-state index contributed by atoms with van der Waals surface area (Å²) in [5.41, 5.74) is 0.815. The summed E-state index contributed by atoms with van der Waals surface area (Å²) in [6.45, 7) is 0.414. The van der Waals surface area contributed by atoms with Gasteiger partial charge in [-0.1, -0.05) is 40.9 Å². The fourth-order valence-corrected chi connectivity index (χ4v) is 2.32. The van der Waals surface area contributed by atoms with Gasteiger partial charge in [-0.2, -0.15) is 0 Å². The maximum atomic E-state index is 13.1. The molecule has 2 rings (SSSR count). The first-order valence-electron chi connectivity index (χ1n) is 5.73. The molecule has 0 unspecified atom stereocenters. The SMILES string of the molecule is CNc1nc(NCc2ccc(F)c(Cl)c2)c(Cl)cc1Cl. The van der Waals surface area contributed by atoms with Crippen LogP contribution in [0.15, 0.2) is 24.3 Å². The Labute approximate surface area is 131 Å². The highest BCUT2D eigenvalue weighted by Crippen LogP contribution is 2.29. The fraction of sp³-hybridized carbons (Fsp3) is 0.154. The third kappa shape index (κ3) is 3.45. The van der Waals surface area contributed by atoms with Crippen LogP contribution < -0.4 is 10.6 Å². The molecule has 0 saturated carbocycles. The highest BCUT2D eigenvalue weighted by molar-refractivity contribution is 6.37. The summed E-state index contributed by atoms with van der Waals surface area (Å²) in [4.78, 5) is 4.25. The first-order valence-corrected chi connectivity index (χ1v) is 6.86.